The van der Waals surface area contributed by atoms with E-state index in [1.165, 1.54) is 5.69 Å². The average Bonchev–Trinajstić information content (AvgIpc) is 2.46. The number of carbonyl (C=O) groups is 1. The van der Waals surface area contributed by atoms with E-state index >= 15 is 0 Å². The van der Waals surface area contributed by atoms with Crippen LogP contribution in [0.25, 0.3) is 0 Å². The number of aryl methyl sites for hydroxylation is 1. The van der Waals surface area contributed by atoms with Gasteiger partial charge in [-0.15, -0.1) is 5.10 Å². The van der Waals surface area contributed by atoms with Gasteiger partial charge in [-0.1, -0.05) is 5.21 Å². The number of hydrogen-bond acceptors (Lipinski definition) is 3. The fourth-order valence-corrected chi connectivity index (χ4v) is 2.02. The highest BCUT2D eigenvalue weighted by molar-refractivity contribution is 5.73. The minimum Gasteiger partial charge on any atom is -0.343 e. The lowest BCUT2D eigenvalue weighted by atomic mass is 10.1. The lowest BCUT2D eigenvalue weighted by Crippen LogP contribution is -2.33. The van der Waals surface area contributed by atoms with Gasteiger partial charge in [0.1, 0.15) is 0 Å². The molecule has 1 aliphatic heterocycles. The molecule has 0 unspecified atom stereocenters. The van der Waals surface area contributed by atoms with Gasteiger partial charge in [0.15, 0.2) is 0 Å². The van der Waals surface area contributed by atoms with Crippen molar-refractivity contribution < 1.29 is 4.79 Å². The third kappa shape index (κ3) is 2.00. The Kier molecular flexibility index (Phi) is 2.70. The highest BCUT2D eigenvalue weighted by Gasteiger charge is 2.17. The standard InChI is InChI=1S/C10H16N4O/c1-8(15)14-6-3-4-10-9(5-7-14)11-12-13(10)2/h3-7H2,1-2H3. The number of rotatable bonds is 0. The maximum Gasteiger partial charge on any atom is 0.219 e. The zero-order chi connectivity index (χ0) is 10.8. The number of amides is 1. The molecule has 0 radical (unpaired) electrons. The fraction of sp³-hybridized carbons (Fsp3) is 0.700. The third-order valence-electron chi connectivity index (χ3n) is 2.93. The summed E-state index contributed by atoms with van der Waals surface area (Å²) in [6.45, 7) is 3.24. The van der Waals surface area contributed by atoms with Crippen LogP contribution < -0.4 is 0 Å². The first kappa shape index (κ1) is 10.1. The maximum atomic E-state index is 11.3. The van der Waals surface area contributed by atoms with Gasteiger partial charge < -0.3 is 4.90 Å². The van der Waals surface area contributed by atoms with E-state index in [4.69, 9.17) is 0 Å². The van der Waals surface area contributed by atoms with Gasteiger partial charge in [0.05, 0.1) is 11.4 Å². The summed E-state index contributed by atoms with van der Waals surface area (Å²) in [6, 6.07) is 0. The first-order chi connectivity index (χ1) is 7.18. The van der Waals surface area contributed by atoms with E-state index in [1.54, 1.807) is 6.92 Å². The van der Waals surface area contributed by atoms with Crippen molar-refractivity contribution >= 4 is 5.91 Å². The Morgan fingerprint density at radius 1 is 1.33 bits per heavy atom. The molecule has 0 aliphatic carbocycles. The number of nitrogens with zero attached hydrogens (tertiary/aromatic N) is 4. The van der Waals surface area contributed by atoms with Gasteiger partial charge in [0.25, 0.3) is 0 Å². The van der Waals surface area contributed by atoms with Crippen molar-refractivity contribution in [1.82, 2.24) is 19.9 Å². The van der Waals surface area contributed by atoms with Crippen molar-refractivity contribution in [3.05, 3.63) is 11.4 Å². The Bertz CT molecular complexity index is 371. The summed E-state index contributed by atoms with van der Waals surface area (Å²) in [7, 11) is 1.93. The zero-order valence-corrected chi connectivity index (χ0v) is 9.23. The molecule has 0 aromatic carbocycles. The number of hydrogen-bond donors (Lipinski definition) is 0. The van der Waals surface area contributed by atoms with Crippen molar-refractivity contribution in [3.63, 3.8) is 0 Å². The minimum absolute atomic E-state index is 0.155. The van der Waals surface area contributed by atoms with Gasteiger partial charge in [-0.3, -0.25) is 9.48 Å². The first-order valence-corrected chi connectivity index (χ1v) is 5.31. The van der Waals surface area contributed by atoms with Crippen molar-refractivity contribution in [2.75, 3.05) is 13.1 Å². The summed E-state index contributed by atoms with van der Waals surface area (Å²) in [5.41, 5.74) is 2.27. The van der Waals surface area contributed by atoms with E-state index in [1.807, 2.05) is 16.6 Å². The van der Waals surface area contributed by atoms with Crippen molar-refractivity contribution in [2.24, 2.45) is 7.05 Å². The smallest absolute Gasteiger partial charge is 0.219 e. The largest absolute Gasteiger partial charge is 0.343 e. The molecule has 1 amide bonds. The Morgan fingerprint density at radius 2 is 2.13 bits per heavy atom. The molecule has 82 valence electrons. The molecule has 2 rings (SSSR count). The summed E-state index contributed by atoms with van der Waals surface area (Å²) >= 11 is 0. The van der Waals surface area contributed by atoms with E-state index in [2.05, 4.69) is 10.3 Å². The molecule has 1 aliphatic rings. The molecule has 0 spiro atoms. The Balaban J connectivity index is 2.15. The van der Waals surface area contributed by atoms with Crippen LogP contribution in [0.4, 0.5) is 0 Å². The first-order valence-electron chi connectivity index (χ1n) is 5.31. The Hall–Kier alpha value is -1.39. The molecule has 5 nitrogen and oxygen atoms in total. The second-order valence-electron chi connectivity index (χ2n) is 3.97. The molecule has 0 saturated carbocycles. The van der Waals surface area contributed by atoms with E-state index < -0.39 is 0 Å². The molecule has 0 bridgehead atoms. The topological polar surface area (TPSA) is 51.0 Å². The summed E-state index contributed by atoms with van der Waals surface area (Å²) < 4.78 is 1.85. The number of fused-ring (bicyclic) bond motifs is 1. The Morgan fingerprint density at radius 3 is 2.87 bits per heavy atom. The van der Waals surface area contributed by atoms with E-state index in [9.17, 15) is 4.79 Å². The second kappa shape index (κ2) is 4.00. The van der Waals surface area contributed by atoms with Crippen LogP contribution in [-0.4, -0.2) is 38.9 Å². The average molecular weight is 208 g/mol. The van der Waals surface area contributed by atoms with Crippen LogP contribution in [0.1, 0.15) is 24.7 Å². The second-order valence-corrected chi connectivity index (χ2v) is 3.97. The monoisotopic (exact) mass is 208 g/mol. The molecular formula is C10H16N4O. The van der Waals surface area contributed by atoms with Crippen LogP contribution in [0, 0.1) is 0 Å². The van der Waals surface area contributed by atoms with Gasteiger partial charge in [-0.25, -0.2) is 0 Å². The maximum absolute atomic E-state index is 11.3. The predicted octanol–water partition coefficient (Wildman–Crippen LogP) is 0.152. The molecule has 1 aromatic rings. The number of aromatic nitrogens is 3. The van der Waals surface area contributed by atoms with Crippen molar-refractivity contribution in [3.8, 4) is 0 Å². The Labute approximate surface area is 89.1 Å². The minimum atomic E-state index is 0.155. The molecule has 5 heteroatoms. The van der Waals surface area contributed by atoms with Gasteiger partial charge in [0, 0.05) is 33.5 Å². The molecule has 0 atom stereocenters. The van der Waals surface area contributed by atoms with Crippen LogP contribution in [-0.2, 0) is 24.7 Å². The van der Waals surface area contributed by atoms with Crippen molar-refractivity contribution in [2.45, 2.75) is 26.2 Å². The van der Waals surface area contributed by atoms with E-state index in [0.29, 0.717) is 0 Å². The quantitative estimate of drug-likeness (QED) is 0.610. The van der Waals surface area contributed by atoms with Crippen LogP contribution in [0.5, 0.6) is 0 Å². The summed E-state index contributed by atoms with van der Waals surface area (Å²) in [4.78, 5) is 13.2. The number of carbonyl (C=O) groups excluding carboxylic acids is 1. The SMILES string of the molecule is CC(=O)N1CCCc2c(nnn2C)CC1. The van der Waals surface area contributed by atoms with E-state index in [-0.39, 0.29) is 5.91 Å². The van der Waals surface area contributed by atoms with Gasteiger partial charge in [0.2, 0.25) is 5.91 Å². The molecule has 15 heavy (non-hydrogen) atoms. The predicted molar refractivity (Wildman–Crippen MR) is 55.3 cm³/mol. The van der Waals surface area contributed by atoms with Crippen LogP contribution >= 0.6 is 0 Å². The fourth-order valence-electron chi connectivity index (χ4n) is 2.02. The lowest BCUT2D eigenvalue weighted by molar-refractivity contribution is -0.128. The van der Waals surface area contributed by atoms with Crippen LogP contribution in [0.3, 0.4) is 0 Å². The van der Waals surface area contributed by atoms with Crippen LogP contribution in [0.15, 0.2) is 0 Å². The summed E-state index contributed by atoms with van der Waals surface area (Å²) in [5.74, 6) is 0.155. The van der Waals surface area contributed by atoms with E-state index in [0.717, 1.165) is 38.0 Å². The van der Waals surface area contributed by atoms with Crippen LogP contribution in [0.2, 0.25) is 0 Å². The molecule has 1 aromatic heterocycles. The van der Waals surface area contributed by atoms with Gasteiger partial charge in [-0.05, 0) is 12.8 Å². The summed E-state index contributed by atoms with van der Waals surface area (Å²) in [6.07, 6.45) is 2.78. The van der Waals surface area contributed by atoms with Crippen molar-refractivity contribution in [1.29, 1.82) is 0 Å². The lowest BCUT2D eigenvalue weighted by Gasteiger charge is -2.22. The highest BCUT2D eigenvalue weighted by atomic mass is 16.2. The molecular weight excluding hydrogens is 192 g/mol. The molecule has 0 fully saturated rings. The highest BCUT2D eigenvalue weighted by Crippen LogP contribution is 2.12. The summed E-state index contributed by atoms with van der Waals surface area (Å²) in [5, 5.41) is 8.14. The molecule has 2 heterocycles. The molecule has 0 saturated heterocycles. The van der Waals surface area contributed by atoms with Gasteiger partial charge in [-0.2, -0.15) is 0 Å². The zero-order valence-electron chi connectivity index (χ0n) is 9.23. The molecule has 0 N–H and O–H groups in total. The third-order valence-corrected chi connectivity index (χ3v) is 2.93. The normalized spacial score (nSPS) is 16.8. The van der Waals surface area contributed by atoms with Gasteiger partial charge >= 0.3 is 0 Å².